The van der Waals surface area contributed by atoms with Crippen molar-refractivity contribution < 1.29 is 23.3 Å². The smallest absolute Gasteiger partial charge is 0.410 e. The molecular weight excluding hydrogens is 661 g/mol. The van der Waals surface area contributed by atoms with Gasteiger partial charge in [0.25, 0.3) is 5.91 Å². The maximum Gasteiger partial charge on any atom is 0.410 e. The van der Waals surface area contributed by atoms with E-state index in [4.69, 9.17) is 18.7 Å². The highest BCUT2D eigenvalue weighted by molar-refractivity contribution is 6.74. The second-order valence-corrected chi connectivity index (χ2v) is 20.7. The third-order valence-corrected chi connectivity index (χ3v) is 14.3. The highest BCUT2D eigenvalue weighted by Crippen LogP contribution is 2.44. The molecule has 0 spiro atoms. The Kier molecular flexibility index (Phi) is 11.2. The summed E-state index contributed by atoms with van der Waals surface area (Å²) >= 11 is 0. The first kappa shape index (κ1) is 37.8. The Morgan fingerprint density at radius 2 is 1.73 bits per heavy atom. The number of hydrogen-bond donors (Lipinski definition) is 1. The molecule has 1 saturated heterocycles. The standard InChI is InChI=1S/C39H52N6O5Si/c1-25(29-12-11-21-40-23-29)42-36(46)28-15-13-27(14-16-28)22-31-18-20-33(45(31)37(47)48-38(3,4)5)34(50-51(9,10)39(6,7)8)30-17-19-32(41-24-30)35-43-26(2)49-44-35/h11-17,19,21,23-25,31,33-34H,18,20,22H2,1-10H3,(H,42,46)/t25?,31-,33+,34+/m0/s1. The number of aromatic nitrogens is 4. The van der Waals surface area contributed by atoms with Gasteiger partial charge in [0.05, 0.1) is 18.2 Å². The molecule has 12 heteroatoms. The monoisotopic (exact) mass is 712 g/mol. The Morgan fingerprint density at radius 1 is 1.00 bits per heavy atom. The Hall–Kier alpha value is -4.42. The van der Waals surface area contributed by atoms with E-state index < -0.39 is 20.0 Å². The molecule has 3 aromatic heterocycles. The van der Waals surface area contributed by atoms with Gasteiger partial charge in [0.15, 0.2) is 8.32 Å². The highest BCUT2D eigenvalue weighted by Gasteiger charge is 2.48. The van der Waals surface area contributed by atoms with Crippen molar-refractivity contribution in [2.24, 2.45) is 0 Å². The van der Waals surface area contributed by atoms with Gasteiger partial charge in [-0.15, -0.1) is 0 Å². The fourth-order valence-corrected chi connectivity index (χ4v) is 7.32. The Balaban J connectivity index is 1.42. The number of aryl methyl sites for hydroxylation is 1. The van der Waals surface area contributed by atoms with Crippen LogP contribution in [0.5, 0.6) is 0 Å². The molecule has 0 saturated carbocycles. The van der Waals surface area contributed by atoms with Gasteiger partial charge in [-0.3, -0.25) is 19.7 Å². The lowest BCUT2D eigenvalue weighted by Gasteiger charge is -2.43. The van der Waals surface area contributed by atoms with Crippen LogP contribution < -0.4 is 5.32 Å². The van der Waals surface area contributed by atoms with Gasteiger partial charge in [0.2, 0.25) is 11.7 Å². The zero-order valence-corrected chi connectivity index (χ0v) is 32.6. The van der Waals surface area contributed by atoms with Crippen molar-refractivity contribution in [1.29, 1.82) is 0 Å². The Labute approximate surface area is 302 Å². The summed E-state index contributed by atoms with van der Waals surface area (Å²) in [6, 6.07) is 14.7. The van der Waals surface area contributed by atoms with Crippen LogP contribution in [0.4, 0.5) is 4.79 Å². The topological polar surface area (TPSA) is 133 Å². The van der Waals surface area contributed by atoms with E-state index in [1.807, 2.05) is 81.1 Å². The molecule has 0 radical (unpaired) electrons. The maximum absolute atomic E-state index is 14.1. The minimum Gasteiger partial charge on any atom is -0.444 e. The van der Waals surface area contributed by atoms with Crippen molar-refractivity contribution in [3.05, 3.63) is 95.3 Å². The summed E-state index contributed by atoms with van der Waals surface area (Å²) in [4.78, 5) is 42.3. The predicted molar refractivity (Wildman–Crippen MR) is 198 cm³/mol. The molecule has 11 nitrogen and oxygen atoms in total. The van der Waals surface area contributed by atoms with Crippen molar-refractivity contribution in [2.75, 3.05) is 0 Å². The molecule has 4 atom stereocenters. The molecule has 1 aliphatic heterocycles. The number of nitrogens with one attached hydrogen (secondary N) is 1. The Morgan fingerprint density at radius 3 is 2.29 bits per heavy atom. The van der Waals surface area contributed by atoms with Crippen LogP contribution in [0, 0.1) is 6.92 Å². The van der Waals surface area contributed by atoms with Crippen LogP contribution in [-0.4, -0.2) is 63.0 Å². The molecule has 1 unspecified atom stereocenters. The number of likely N-dealkylation sites (tertiary alicyclic amines) is 1. The summed E-state index contributed by atoms with van der Waals surface area (Å²) in [6.45, 7) is 20.4. The first-order valence-electron chi connectivity index (χ1n) is 17.7. The van der Waals surface area contributed by atoms with Crippen molar-refractivity contribution in [3.8, 4) is 11.5 Å². The SMILES string of the molecule is Cc1nc(-c2ccc([C@@H](O[Si](C)(C)C(C)(C)C)[C@H]3CC[C@@H](Cc4ccc(C(=O)NC(C)c5cccnc5)cc4)N3C(=O)OC(C)(C)C)cn2)no1. The normalized spacial score (nSPS) is 18.0. The first-order valence-corrected chi connectivity index (χ1v) is 20.6. The fraction of sp³-hybridized carbons (Fsp3) is 0.487. The van der Waals surface area contributed by atoms with E-state index in [9.17, 15) is 9.59 Å². The van der Waals surface area contributed by atoms with E-state index in [1.54, 1.807) is 25.5 Å². The average Bonchev–Trinajstić information content (AvgIpc) is 3.69. The molecule has 0 bridgehead atoms. The van der Waals surface area contributed by atoms with Crippen LogP contribution in [0.1, 0.15) is 106 Å². The van der Waals surface area contributed by atoms with Gasteiger partial charge in [0.1, 0.15) is 11.3 Å². The average molecular weight is 713 g/mol. The quantitative estimate of drug-likeness (QED) is 0.161. The van der Waals surface area contributed by atoms with Gasteiger partial charge < -0.3 is 19.0 Å². The molecule has 1 aliphatic rings. The third-order valence-electron chi connectivity index (χ3n) is 9.82. The molecule has 51 heavy (non-hydrogen) atoms. The molecular formula is C39H52N6O5Si. The number of hydrogen-bond acceptors (Lipinski definition) is 9. The number of ether oxygens (including phenoxy) is 1. The van der Waals surface area contributed by atoms with E-state index in [0.717, 1.165) is 29.5 Å². The molecule has 0 aliphatic carbocycles. The largest absolute Gasteiger partial charge is 0.444 e. The number of nitrogens with zero attached hydrogens (tertiary/aromatic N) is 5. The van der Waals surface area contributed by atoms with E-state index in [2.05, 4.69) is 54.3 Å². The van der Waals surface area contributed by atoms with E-state index >= 15 is 0 Å². The summed E-state index contributed by atoms with van der Waals surface area (Å²) < 4.78 is 18.4. The van der Waals surface area contributed by atoms with Crippen LogP contribution >= 0.6 is 0 Å². The summed E-state index contributed by atoms with van der Waals surface area (Å²) in [7, 11) is -2.34. The lowest BCUT2D eigenvalue weighted by Crippen LogP contribution is -2.50. The van der Waals surface area contributed by atoms with Gasteiger partial charge in [-0.1, -0.05) is 50.2 Å². The molecule has 2 amide bonds. The van der Waals surface area contributed by atoms with Crippen LogP contribution in [0.25, 0.3) is 11.5 Å². The number of carbonyl (C=O) groups is 2. The number of pyridine rings is 2. The van der Waals surface area contributed by atoms with Crippen molar-refractivity contribution >= 4 is 20.3 Å². The zero-order valence-electron chi connectivity index (χ0n) is 31.6. The summed E-state index contributed by atoms with van der Waals surface area (Å²) in [6.07, 6.45) is 6.55. The van der Waals surface area contributed by atoms with E-state index in [1.165, 1.54) is 0 Å². The number of carbonyl (C=O) groups excluding carboxylic acids is 2. The molecule has 1 N–H and O–H groups in total. The van der Waals surface area contributed by atoms with Crippen LogP contribution in [-0.2, 0) is 15.6 Å². The van der Waals surface area contributed by atoms with Crippen molar-refractivity contribution in [2.45, 2.75) is 123 Å². The number of rotatable bonds is 10. The van der Waals surface area contributed by atoms with Gasteiger partial charge in [0, 0.05) is 37.1 Å². The second-order valence-electron chi connectivity index (χ2n) is 16.0. The molecule has 1 aromatic carbocycles. The van der Waals surface area contributed by atoms with E-state index in [0.29, 0.717) is 29.4 Å². The molecule has 4 aromatic rings. The molecule has 1 fully saturated rings. The summed E-state index contributed by atoms with van der Waals surface area (Å²) in [5.41, 5.74) is 3.31. The van der Waals surface area contributed by atoms with E-state index in [-0.39, 0.29) is 35.2 Å². The molecule has 5 rings (SSSR count). The van der Waals surface area contributed by atoms with Gasteiger partial charge in [-0.05, 0) is 106 Å². The second kappa shape index (κ2) is 15.0. The minimum atomic E-state index is -2.34. The lowest BCUT2D eigenvalue weighted by molar-refractivity contribution is -0.00244. The minimum absolute atomic E-state index is 0.0701. The van der Waals surface area contributed by atoms with Crippen LogP contribution in [0.15, 0.2) is 71.6 Å². The molecule has 272 valence electrons. The summed E-state index contributed by atoms with van der Waals surface area (Å²) in [5, 5.41) is 7.00. The number of benzene rings is 1. The maximum atomic E-state index is 14.1. The number of amides is 2. The highest BCUT2D eigenvalue weighted by atomic mass is 28.4. The van der Waals surface area contributed by atoms with Gasteiger partial charge in [-0.2, -0.15) is 4.98 Å². The third kappa shape index (κ3) is 9.28. The van der Waals surface area contributed by atoms with Gasteiger partial charge in [-0.25, -0.2) is 4.79 Å². The predicted octanol–water partition coefficient (Wildman–Crippen LogP) is 8.40. The van der Waals surface area contributed by atoms with Gasteiger partial charge >= 0.3 is 6.09 Å². The lowest BCUT2D eigenvalue weighted by atomic mass is 10.0. The Bertz CT molecular complexity index is 1780. The summed E-state index contributed by atoms with van der Waals surface area (Å²) in [5.74, 6) is 0.728. The van der Waals surface area contributed by atoms with Crippen molar-refractivity contribution in [3.63, 3.8) is 0 Å². The fourth-order valence-electron chi connectivity index (χ4n) is 6.04. The molecule has 4 heterocycles. The first-order chi connectivity index (χ1) is 23.9. The van der Waals surface area contributed by atoms with Crippen molar-refractivity contribution in [1.82, 2.24) is 30.3 Å². The van der Waals surface area contributed by atoms with Crippen LogP contribution in [0.3, 0.4) is 0 Å². The van der Waals surface area contributed by atoms with Crippen LogP contribution in [0.2, 0.25) is 18.1 Å². The zero-order chi connectivity index (χ0) is 37.1.